The Hall–Kier alpha value is -1.65. The highest BCUT2D eigenvalue weighted by atomic mass is 35.5. The summed E-state index contributed by atoms with van der Waals surface area (Å²) in [7, 11) is 1.65. The monoisotopic (exact) mass is 391 g/mol. The van der Waals surface area contributed by atoms with Crippen LogP contribution in [0.3, 0.4) is 0 Å². The number of rotatable bonds is 9. The summed E-state index contributed by atoms with van der Waals surface area (Å²) >= 11 is 7.55. The molecule has 0 aromatic heterocycles. The topological polar surface area (TPSA) is 38.3 Å². The second kappa shape index (κ2) is 10.5. The third-order valence-corrected chi connectivity index (χ3v) is 5.24. The number of carbonyl (C=O) groups is 1. The number of amides is 1. The Morgan fingerprint density at radius 2 is 1.77 bits per heavy atom. The molecule has 0 unspecified atom stereocenters. The molecule has 2 aromatic rings. The van der Waals surface area contributed by atoms with Crippen molar-refractivity contribution in [3.8, 4) is 5.75 Å². The lowest BCUT2D eigenvalue weighted by molar-refractivity contribution is -0.121. The summed E-state index contributed by atoms with van der Waals surface area (Å²) in [5.74, 6) is 2.13. The highest BCUT2D eigenvalue weighted by Gasteiger charge is 2.16. The van der Waals surface area contributed by atoms with E-state index in [9.17, 15) is 4.79 Å². The lowest BCUT2D eigenvalue weighted by atomic mass is 9.97. The van der Waals surface area contributed by atoms with E-state index < -0.39 is 0 Å². The van der Waals surface area contributed by atoms with Gasteiger partial charge in [-0.25, -0.2) is 0 Å². The fraction of sp³-hybridized carbons (Fsp3) is 0.381. The van der Waals surface area contributed by atoms with E-state index in [0.717, 1.165) is 33.4 Å². The summed E-state index contributed by atoms with van der Waals surface area (Å²) in [6.45, 7) is 4.33. The Labute approximate surface area is 165 Å². The van der Waals surface area contributed by atoms with Gasteiger partial charge >= 0.3 is 0 Å². The van der Waals surface area contributed by atoms with Crippen LogP contribution >= 0.6 is 23.4 Å². The van der Waals surface area contributed by atoms with E-state index in [2.05, 4.69) is 19.2 Å². The molecule has 0 heterocycles. The largest absolute Gasteiger partial charge is 0.497 e. The number of nitrogens with one attached hydrogen (secondary N) is 1. The lowest BCUT2D eigenvalue weighted by Gasteiger charge is -2.21. The molecule has 1 N–H and O–H groups in total. The molecule has 2 aromatic carbocycles. The molecule has 3 nitrogen and oxygen atoms in total. The molecule has 0 aliphatic rings. The fourth-order valence-corrected chi connectivity index (χ4v) is 3.62. The predicted molar refractivity (Wildman–Crippen MR) is 110 cm³/mol. The van der Waals surface area contributed by atoms with Crippen molar-refractivity contribution in [2.45, 2.75) is 37.6 Å². The number of benzene rings is 2. The molecule has 1 amide bonds. The lowest BCUT2D eigenvalue weighted by Crippen LogP contribution is -2.29. The smallest absolute Gasteiger partial charge is 0.221 e. The first kappa shape index (κ1) is 20.7. The molecule has 0 saturated carbocycles. The Morgan fingerprint density at radius 1 is 1.12 bits per heavy atom. The molecular weight excluding hydrogens is 366 g/mol. The Morgan fingerprint density at radius 3 is 2.35 bits per heavy atom. The first-order valence-corrected chi connectivity index (χ1v) is 10.2. The molecule has 26 heavy (non-hydrogen) atoms. The van der Waals surface area contributed by atoms with Crippen molar-refractivity contribution in [2.24, 2.45) is 5.92 Å². The van der Waals surface area contributed by atoms with Crippen molar-refractivity contribution >= 4 is 29.3 Å². The molecule has 0 aliphatic heterocycles. The van der Waals surface area contributed by atoms with Gasteiger partial charge in [-0.2, -0.15) is 0 Å². The van der Waals surface area contributed by atoms with Crippen LogP contribution in [0.5, 0.6) is 5.75 Å². The van der Waals surface area contributed by atoms with E-state index in [4.69, 9.17) is 16.3 Å². The number of hydrogen-bond donors (Lipinski definition) is 1. The van der Waals surface area contributed by atoms with E-state index in [1.54, 1.807) is 18.9 Å². The number of hydrogen-bond acceptors (Lipinski definition) is 3. The van der Waals surface area contributed by atoms with Crippen LogP contribution in [0.25, 0.3) is 0 Å². The molecule has 140 valence electrons. The summed E-state index contributed by atoms with van der Waals surface area (Å²) in [5, 5.41) is 3.91. The highest BCUT2D eigenvalue weighted by Crippen LogP contribution is 2.24. The van der Waals surface area contributed by atoms with E-state index >= 15 is 0 Å². The van der Waals surface area contributed by atoms with Crippen molar-refractivity contribution < 1.29 is 9.53 Å². The number of halogens is 1. The minimum absolute atomic E-state index is 0.0222. The summed E-state index contributed by atoms with van der Waals surface area (Å²) in [4.78, 5) is 13.5. The molecule has 0 fully saturated rings. The average molecular weight is 392 g/mol. The molecule has 5 heteroatoms. The van der Waals surface area contributed by atoms with Crippen LogP contribution in [0, 0.1) is 5.92 Å². The van der Waals surface area contributed by atoms with Crippen molar-refractivity contribution in [1.29, 1.82) is 0 Å². The van der Waals surface area contributed by atoms with Crippen LogP contribution in [0.2, 0.25) is 5.02 Å². The van der Waals surface area contributed by atoms with Crippen LogP contribution in [0.4, 0.5) is 0 Å². The highest BCUT2D eigenvalue weighted by molar-refractivity contribution is 7.99. The Kier molecular flexibility index (Phi) is 8.33. The van der Waals surface area contributed by atoms with Crippen LogP contribution in [0.15, 0.2) is 53.4 Å². The maximum atomic E-state index is 12.4. The van der Waals surface area contributed by atoms with Gasteiger partial charge in [0.15, 0.2) is 0 Å². The molecule has 0 bridgehead atoms. The van der Waals surface area contributed by atoms with E-state index in [-0.39, 0.29) is 11.9 Å². The van der Waals surface area contributed by atoms with Crippen LogP contribution in [-0.2, 0) is 4.79 Å². The molecule has 0 aliphatic carbocycles. The van der Waals surface area contributed by atoms with E-state index in [1.807, 2.05) is 48.5 Å². The molecule has 0 spiro atoms. The zero-order chi connectivity index (χ0) is 18.9. The van der Waals surface area contributed by atoms with Gasteiger partial charge in [-0.3, -0.25) is 4.79 Å². The van der Waals surface area contributed by atoms with Gasteiger partial charge in [0.2, 0.25) is 5.91 Å². The van der Waals surface area contributed by atoms with Crippen molar-refractivity contribution in [3.63, 3.8) is 0 Å². The summed E-state index contributed by atoms with van der Waals surface area (Å²) in [6, 6.07) is 15.6. The van der Waals surface area contributed by atoms with Gasteiger partial charge in [0.05, 0.1) is 13.2 Å². The predicted octanol–water partition coefficient (Wildman–Crippen LogP) is 5.73. The first-order valence-electron chi connectivity index (χ1n) is 8.79. The molecular formula is C21H26ClNO2S. The maximum Gasteiger partial charge on any atom is 0.221 e. The van der Waals surface area contributed by atoms with E-state index in [0.29, 0.717) is 12.3 Å². The SMILES string of the molecule is COc1ccc([C@H](CC(C)C)NC(=O)CCSc2ccc(Cl)cc2)cc1. The fourth-order valence-electron chi connectivity index (χ4n) is 2.64. The zero-order valence-electron chi connectivity index (χ0n) is 15.5. The van der Waals surface area contributed by atoms with Gasteiger partial charge < -0.3 is 10.1 Å². The Balaban J connectivity index is 1.89. The minimum Gasteiger partial charge on any atom is -0.497 e. The van der Waals surface area contributed by atoms with Crippen molar-refractivity contribution in [2.75, 3.05) is 12.9 Å². The summed E-state index contributed by atoms with van der Waals surface area (Å²) < 4.78 is 5.22. The molecule has 0 saturated heterocycles. The van der Waals surface area contributed by atoms with Crippen LogP contribution in [0.1, 0.15) is 38.3 Å². The third kappa shape index (κ3) is 6.93. The van der Waals surface area contributed by atoms with Crippen molar-refractivity contribution in [3.05, 3.63) is 59.1 Å². The molecule has 0 radical (unpaired) electrons. The van der Waals surface area contributed by atoms with Gasteiger partial charge in [-0.15, -0.1) is 11.8 Å². The average Bonchev–Trinajstić information content (AvgIpc) is 2.62. The molecule has 2 rings (SSSR count). The number of carbonyl (C=O) groups excluding carboxylic acids is 1. The minimum atomic E-state index is 0.0222. The quantitative estimate of drug-likeness (QED) is 0.554. The maximum absolute atomic E-state index is 12.4. The zero-order valence-corrected chi connectivity index (χ0v) is 17.1. The van der Waals surface area contributed by atoms with Gasteiger partial charge in [0.1, 0.15) is 5.75 Å². The second-order valence-corrected chi connectivity index (χ2v) is 8.18. The third-order valence-electron chi connectivity index (χ3n) is 3.97. The summed E-state index contributed by atoms with van der Waals surface area (Å²) in [5.41, 5.74) is 1.11. The number of ether oxygens (including phenoxy) is 1. The van der Waals surface area contributed by atoms with Crippen LogP contribution in [-0.4, -0.2) is 18.8 Å². The Bertz CT molecular complexity index is 686. The van der Waals surface area contributed by atoms with Gasteiger partial charge in [-0.05, 0) is 54.3 Å². The number of methoxy groups -OCH3 is 1. The van der Waals surface area contributed by atoms with Gasteiger partial charge in [0, 0.05) is 22.1 Å². The van der Waals surface area contributed by atoms with E-state index in [1.165, 1.54) is 0 Å². The molecule has 1 atom stereocenters. The van der Waals surface area contributed by atoms with Gasteiger partial charge in [-0.1, -0.05) is 37.6 Å². The van der Waals surface area contributed by atoms with Crippen LogP contribution < -0.4 is 10.1 Å². The van der Waals surface area contributed by atoms with Crippen molar-refractivity contribution in [1.82, 2.24) is 5.32 Å². The first-order chi connectivity index (χ1) is 12.5. The number of thioether (sulfide) groups is 1. The normalized spacial score (nSPS) is 12.0. The standard InChI is InChI=1S/C21H26ClNO2S/c1-15(2)14-20(16-4-8-18(25-3)9-5-16)23-21(24)12-13-26-19-10-6-17(22)7-11-19/h4-11,15,20H,12-14H2,1-3H3,(H,23,24)/t20-/m0/s1. The van der Waals surface area contributed by atoms with Gasteiger partial charge in [0.25, 0.3) is 0 Å². The second-order valence-electron chi connectivity index (χ2n) is 6.58. The summed E-state index contributed by atoms with van der Waals surface area (Å²) in [6.07, 6.45) is 1.39.